The molecule has 1 unspecified atom stereocenters. The number of hydrogen-bond acceptors (Lipinski definition) is 1. The number of rotatable bonds is 1. The Morgan fingerprint density at radius 1 is 1.38 bits per heavy atom. The Morgan fingerprint density at radius 3 is 1.75 bits per heavy atom. The van der Waals surface area contributed by atoms with Crippen LogP contribution in [0.15, 0.2) is 0 Å². The highest BCUT2D eigenvalue weighted by atomic mass is 16.4. The monoisotopic (exact) mass is 114 g/mol. The Kier molecular flexibility index (Phi) is 1.03. The Morgan fingerprint density at radius 2 is 1.75 bits per heavy atom. The highest BCUT2D eigenvalue weighted by Crippen LogP contribution is 2.45. The average Bonchev–Trinajstić information content (AvgIpc) is 2.15. The quantitative estimate of drug-likeness (QED) is 0.551. The number of carbonyl (C=O) groups is 1. The molecule has 0 aromatic heterocycles. The highest BCUT2D eigenvalue weighted by Gasteiger charge is 2.48. The van der Waals surface area contributed by atoms with Crippen molar-refractivity contribution in [2.75, 3.05) is 0 Å². The van der Waals surface area contributed by atoms with Crippen LogP contribution in [0.25, 0.3) is 0 Å². The lowest BCUT2D eigenvalue weighted by atomic mass is 10.3. The van der Waals surface area contributed by atoms with Crippen LogP contribution in [0.5, 0.6) is 0 Å². The largest absolute Gasteiger partial charge is 0.481 e. The number of carboxylic acid groups (broad SMARTS) is 1. The minimum Gasteiger partial charge on any atom is -0.481 e. The topological polar surface area (TPSA) is 37.3 Å². The molecule has 0 heterocycles. The van der Waals surface area contributed by atoms with Crippen molar-refractivity contribution < 1.29 is 9.90 Å². The van der Waals surface area contributed by atoms with Crippen molar-refractivity contribution in [3.8, 4) is 0 Å². The summed E-state index contributed by atoms with van der Waals surface area (Å²) in [4.78, 5) is 10.2. The molecule has 0 aromatic carbocycles. The fourth-order valence-corrected chi connectivity index (χ4v) is 1.11. The van der Waals surface area contributed by atoms with Crippen molar-refractivity contribution in [3.63, 3.8) is 0 Å². The molecule has 0 bridgehead atoms. The highest BCUT2D eigenvalue weighted by molar-refractivity contribution is 5.73. The summed E-state index contributed by atoms with van der Waals surface area (Å²) in [7, 11) is 0. The minimum absolute atomic E-state index is 0.0463. The van der Waals surface area contributed by atoms with E-state index >= 15 is 0 Å². The minimum atomic E-state index is -0.634. The molecule has 0 aliphatic heterocycles. The van der Waals surface area contributed by atoms with Gasteiger partial charge < -0.3 is 5.11 Å². The van der Waals surface area contributed by atoms with E-state index in [0.717, 1.165) is 0 Å². The van der Waals surface area contributed by atoms with Gasteiger partial charge in [-0.1, -0.05) is 13.8 Å². The third-order valence-corrected chi connectivity index (χ3v) is 2.11. The van der Waals surface area contributed by atoms with E-state index in [1.54, 1.807) is 0 Å². The van der Waals surface area contributed by atoms with Gasteiger partial charge in [-0.25, -0.2) is 0 Å². The van der Waals surface area contributed by atoms with E-state index in [0.29, 0.717) is 11.8 Å². The van der Waals surface area contributed by atoms with E-state index in [9.17, 15) is 4.79 Å². The van der Waals surface area contributed by atoms with Gasteiger partial charge >= 0.3 is 5.97 Å². The summed E-state index contributed by atoms with van der Waals surface area (Å²) < 4.78 is 0. The van der Waals surface area contributed by atoms with Gasteiger partial charge in [0, 0.05) is 0 Å². The Hall–Kier alpha value is -0.530. The second-order valence-electron chi connectivity index (χ2n) is 2.58. The van der Waals surface area contributed by atoms with Gasteiger partial charge in [0.05, 0.1) is 5.92 Å². The molecule has 2 heteroatoms. The molecular weight excluding hydrogens is 104 g/mol. The number of aliphatic carboxylic acids is 1. The Balaban J connectivity index is 2.44. The van der Waals surface area contributed by atoms with Gasteiger partial charge in [0.1, 0.15) is 0 Å². The van der Waals surface area contributed by atoms with Crippen molar-refractivity contribution in [1.82, 2.24) is 0 Å². The summed E-state index contributed by atoms with van der Waals surface area (Å²) in [6.45, 7) is 3.95. The lowest BCUT2D eigenvalue weighted by Gasteiger charge is -1.81. The third kappa shape index (κ3) is 0.602. The Bertz CT molecular complexity index is 112. The molecule has 1 rings (SSSR count). The van der Waals surface area contributed by atoms with Crippen molar-refractivity contribution >= 4 is 5.97 Å². The van der Waals surface area contributed by atoms with Crippen LogP contribution >= 0.6 is 0 Å². The molecule has 0 aromatic rings. The molecule has 8 heavy (non-hydrogen) atoms. The smallest absolute Gasteiger partial charge is 0.307 e. The molecule has 3 atom stereocenters. The van der Waals surface area contributed by atoms with Crippen LogP contribution in [-0.4, -0.2) is 11.1 Å². The molecule has 0 amide bonds. The fraction of sp³-hybridized carbons (Fsp3) is 0.833. The zero-order chi connectivity index (χ0) is 6.31. The summed E-state index contributed by atoms with van der Waals surface area (Å²) in [6, 6.07) is 0. The van der Waals surface area contributed by atoms with Crippen molar-refractivity contribution in [2.45, 2.75) is 13.8 Å². The Labute approximate surface area is 48.5 Å². The van der Waals surface area contributed by atoms with Crippen LogP contribution in [0, 0.1) is 17.8 Å². The molecular formula is C6H10O2. The summed E-state index contributed by atoms with van der Waals surface area (Å²) in [5.74, 6) is 0.139. The standard InChI is InChI=1S/C6H10O2/c1-3-4(2)5(3)6(7)8/h3-5H,1-2H3,(H,7,8)/t3-,4+,5?. The van der Waals surface area contributed by atoms with Gasteiger partial charge in [-0.15, -0.1) is 0 Å². The summed E-state index contributed by atoms with van der Waals surface area (Å²) >= 11 is 0. The SMILES string of the molecule is C[C@@H]1C(C(=O)O)[C@@H]1C. The first-order chi connectivity index (χ1) is 3.64. The van der Waals surface area contributed by atoms with Gasteiger partial charge in [-0.3, -0.25) is 4.79 Å². The van der Waals surface area contributed by atoms with E-state index in [-0.39, 0.29) is 5.92 Å². The third-order valence-electron chi connectivity index (χ3n) is 2.11. The van der Waals surface area contributed by atoms with Gasteiger partial charge in [-0.2, -0.15) is 0 Å². The van der Waals surface area contributed by atoms with Crippen LogP contribution in [0.2, 0.25) is 0 Å². The predicted molar refractivity (Wildman–Crippen MR) is 29.5 cm³/mol. The molecule has 0 radical (unpaired) electrons. The normalized spacial score (nSPS) is 44.0. The van der Waals surface area contributed by atoms with Crippen LogP contribution in [0.1, 0.15) is 13.8 Å². The van der Waals surface area contributed by atoms with E-state index in [4.69, 9.17) is 5.11 Å². The first-order valence-electron chi connectivity index (χ1n) is 2.87. The van der Waals surface area contributed by atoms with E-state index in [1.165, 1.54) is 0 Å². The first kappa shape index (κ1) is 5.60. The van der Waals surface area contributed by atoms with E-state index in [2.05, 4.69) is 0 Å². The van der Waals surface area contributed by atoms with Crippen molar-refractivity contribution in [2.24, 2.45) is 17.8 Å². The van der Waals surface area contributed by atoms with Crippen molar-refractivity contribution in [3.05, 3.63) is 0 Å². The summed E-state index contributed by atoms with van der Waals surface area (Å²) in [5, 5.41) is 8.39. The molecule has 2 nitrogen and oxygen atoms in total. The maximum atomic E-state index is 10.2. The predicted octanol–water partition coefficient (Wildman–Crippen LogP) is 0.973. The molecule has 1 N–H and O–H groups in total. The van der Waals surface area contributed by atoms with Crippen LogP contribution in [-0.2, 0) is 4.79 Å². The molecule has 46 valence electrons. The molecule has 1 aliphatic rings. The second kappa shape index (κ2) is 1.47. The maximum Gasteiger partial charge on any atom is 0.307 e. The lowest BCUT2D eigenvalue weighted by Crippen LogP contribution is -1.98. The fourth-order valence-electron chi connectivity index (χ4n) is 1.11. The first-order valence-corrected chi connectivity index (χ1v) is 2.87. The van der Waals surface area contributed by atoms with Gasteiger partial charge in [0.25, 0.3) is 0 Å². The summed E-state index contributed by atoms with van der Waals surface area (Å²) in [6.07, 6.45) is 0. The summed E-state index contributed by atoms with van der Waals surface area (Å²) in [5.41, 5.74) is 0. The van der Waals surface area contributed by atoms with Gasteiger partial charge in [-0.05, 0) is 11.8 Å². The lowest BCUT2D eigenvalue weighted by molar-refractivity contribution is -0.139. The molecule has 1 saturated carbocycles. The van der Waals surface area contributed by atoms with Gasteiger partial charge in [0.2, 0.25) is 0 Å². The number of hydrogen-bond donors (Lipinski definition) is 1. The van der Waals surface area contributed by atoms with Crippen LogP contribution in [0.3, 0.4) is 0 Å². The number of carboxylic acids is 1. The molecule has 0 spiro atoms. The molecule has 1 aliphatic carbocycles. The second-order valence-corrected chi connectivity index (χ2v) is 2.58. The van der Waals surface area contributed by atoms with E-state index < -0.39 is 5.97 Å². The molecule has 0 saturated heterocycles. The van der Waals surface area contributed by atoms with Crippen LogP contribution < -0.4 is 0 Å². The molecule has 1 fully saturated rings. The van der Waals surface area contributed by atoms with Crippen LogP contribution in [0.4, 0.5) is 0 Å². The zero-order valence-electron chi connectivity index (χ0n) is 5.09. The van der Waals surface area contributed by atoms with Gasteiger partial charge in [0.15, 0.2) is 0 Å². The maximum absolute atomic E-state index is 10.2. The van der Waals surface area contributed by atoms with Crippen molar-refractivity contribution in [1.29, 1.82) is 0 Å². The zero-order valence-corrected chi connectivity index (χ0v) is 5.09. The van der Waals surface area contributed by atoms with E-state index in [1.807, 2.05) is 13.8 Å². The average molecular weight is 114 g/mol.